The van der Waals surface area contributed by atoms with Crippen LogP contribution in [0.5, 0.6) is 0 Å². The number of para-hydroxylation sites is 1. The Bertz CT molecular complexity index is 623. The average Bonchev–Trinajstić information content (AvgIpc) is 2.76. The number of rotatable bonds is 3. The van der Waals surface area contributed by atoms with Gasteiger partial charge in [0.1, 0.15) is 5.69 Å². The summed E-state index contributed by atoms with van der Waals surface area (Å²) < 4.78 is 5.31. The Morgan fingerprint density at radius 2 is 2.00 bits per heavy atom. The van der Waals surface area contributed by atoms with Crippen molar-refractivity contribution in [2.24, 2.45) is 5.73 Å². The summed E-state index contributed by atoms with van der Waals surface area (Å²) in [4.78, 5) is 26.4. The van der Waals surface area contributed by atoms with E-state index < -0.39 is 17.5 Å². The maximum atomic E-state index is 12.1. The molecule has 0 atom stereocenters. The highest BCUT2D eigenvalue weighted by atomic mass is 16.6. The summed E-state index contributed by atoms with van der Waals surface area (Å²) >= 11 is 0. The second-order valence-corrected chi connectivity index (χ2v) is 4.87. The third-order valence-corrected chi connectivity index (χ3v) is 3.65. The number of ether oxygens (including phenoxy) is 1. The number of aromatic amines is 1. The molecule has 1 heterocycles. The summed E-state index contributed by atoms with van der Waals surface area (Å²) in [5.41, 5.74) is 5.40. The van der Waals surface area contributed by atoms with Gasteiger partial charge in [0.2, 0.25) is 0 Å². The number of nitrogens with one attached hydrogen (secondary N) is 1. The fourth-order valence-electron chi connectivity index (χ4n) is 2.31. The van der Waals surface area contributed by atoms with Crippen LogP contribution >= 0.6 is 0 Å². The van der Waals surface area contributed by atoms with E-state index >= 15 is 0 Å². The first-order valence-corrected chi connectivity index (χ1v) is 6.22. The Morgan fingerprint density at radius 3 is 2.58 bits per heavy atom. The Labute approximate surface area is 109 Å². The zero-order valence-electron chi connectivity index (χ0n) is 10.3. The minimum absolute atomic E-state index is 0.341. The first kappa shape index (κ1) is 11.8. The van der Waals surface area contributed by atoms with Crippen LogP contribution in [0.3, 0.4) is 0 Å². The molecule has 19 heavy (non-hydrogen) atoms. The van der Waals surface area contributed by atoms with Crippen LogP contribution in [0.15, 0.2) is 30.3 Å². The maximum Gasteiger partial charge on any atom is 0.355 e. The predicted molar refractivity (Wildman–Crippen MR) is 69.5 cm³/mol. The van der Waals surface area contributed by atoms with E-state index in [4.69, 9.17) is 10.5 Å². The number of hydrogen-bond donors (Lipinski definition) is 2. The summed E-state index contributed by atoms with van der Waals surface area (Å²) in [5, 5.41) is 0.927. The molecule has 2 aromatic rings. The molecule has 0 spiro atoms. The molecule has 5 heteroatoms. The minimum Gasteiger partial charge on any atom is -0.444 e. The van der Waals surface area contributed by atoms with Crippen molar-refractivity contribution < 1.29 is 14.3 Å². The molecule has 0 bridgehead atoms. The largest absolute Gasteiger partial charge is 0.444 e. The summed E-state index contributed by atoms with van der Waals surface area (Å²) in [7, 11) is 0. The molecule has 1 saturated carbocycles. The van der Waals surface area contributed by atoms with Crippen LogP contribution in [0.25, 0.3) is 10.9 Å². The third-order valence-electron chi connectivity index (χ3n) is 3.65. The van der Waals surface area contributed by atoms with E-state index in [-0.39, 0.29) is 0 Å². The van der Waals surface area contributed by atoms with E-state index in [1.807, 2.05) is 24.3 Å². The molecule has 3 rings (SSSR count). The number of carbonyl (C=O) groups is 2. The molecular weight excluding hydrogens is 244 g/mol. The monoisotopic (exact) mass is 258 g/mol. The summed E-state index contributed by atoms with van der Waals surface area (Å²) in [6.07, 6.45) is 1.87. The molecule has 0 aliphatic heterocycles. The van der Waals surface area contributed by atoms with E-state index in [1.165, 1.54) is 0 Å². The fraction of sp³-hybridized carbons (Fsp3) is 0.286. The van der Waals surface area contributed by atoms with Gasteiger partial charge in [-0.25, -0.2) is 4.79 Å². The Kier molecular flexibility index (Phi) is 2.55. The topological polar surface area (TPSA) is 85.2 Å². The molecule has 0 radical (unpaired) electrons. The van der Waals surface area contributed by atoms with Gasteiger partial charge in [-0.15, -0.1) is 0 Å². The number of esters is 1. The minimum atomic E-state index is -1.10. The van der Waals surface area contributed by atoms with Crippen LogP contribution < -0.4 is 5.73 Å². The standard InChI is InChI=1S/C14H14N2O3/c15-13(18)14(6-3-7-14)19-12(17)11-8-9-4-1-2-5-10(9)16-11/h1-2,4-5,8,16H,3,6-7H2,(H2,15,18). The van der Waals surface area contributed by atoms with Gasteiger partial charge in [-0.3, -0.25) is 4.79 Å². The van der Waals surface area contributed by atoms with Gasteiger partial charge in [0.05, 0.1) is 0 Å². The Hall–Kier alpha value is -2.30. The molecule has 1 fully saturated rings. The molecule has 0 unspecified atom stereocenters. The molecule has 5 nitrogen and oxygen atoms in total. The van der Waals surface area contributed by atoms with Crippen LogP contribution in [0.4, 0.5) is 0 Å². The summed E-state index contributed by atoms with van der Waals surface area (Å²) in [6, 6.07) is 9.26. The SMILES string of the molecule is NC(=O)C1(OC(=O)c2cc3ccccc3[nH]2)CCC1. The normalized spacial score (nSPS) is 16.8. The number of fused-ring (bicyclic) bond motifs is 1. The first-order chi connectivity index (χ1) is 9.11. The molecule has 1 aromatic carbocycles. The number of primary amides is 1. The van der Waals surface area contributed by atoms with E-state index in [0.717, 1.165) is 17.3 Å². The van der Waals surface area contributed by atoms with Crippen molar-refractivity contribution in [1.29, 1.82) is 0 Å². The molecule has 1 amide bonds. The van der Waals surface area contributed by atoms with Gasteiger partial charge in [-0.05, 0) is 31.4 Å². The highest BCUT2D eigenvalue weighted by Crippen LogP contribution is 2.36. The van der Waals surface area contributed by atoms with E-state index in [2.05, 4.69) is 4.98 Å². The van der Waals surface area contributed by atoms with Gasteiger partial charge < -0.3 is 15.5 Å². The smallest absolute Gasteiger partial charge is 0.355 e. The number of amides is 1. The van der Waals surface area contributed by atoms with Crippen LogP contribution in [-0.4, -0.2) is 22.5 Å². The summed E-state index contributed by atoms with van der Waals surface area (Å²) in [5.74, 6) is -1.10. The number of carbonyl (C=O) groups excluding carboxylic acids is 2. The molecular formula is C14H14N2O3. The lowest BCUT2D eigenvalue weighted by atomic mass is 9.79. The van der Waals surface area contributed by atoms with Crippen molar-refractivity contribution in [2.45, 2.75) is 24.9 Å². The van der Waals surface area contributed by atoms with Gasteiger partial charge in [-0.2, -0.15) is 0 Å². The average molecular weight is 258 g/mol. The van der Waals surface area contributed by atoms with Crippen molar-refractivity contribution in [1.82, 2.24) is 4.98 Å². The number of H-pyrrole nitrogens is 1. The highest BCUT2D eigenvalue weighted by molar-refractivity contribution is 5.97. The molecule has 3 N–H and O–H groups in total. The molecule has 98 valence electrons. The van der Waals surface area contributed by atoms with Crippen molar-refractivity contribution in [3.8, 4) is 0 Å². The zero-order valence-corrected chi connectivity index (χ0v) is 10.3. The summed E-state index contributed by atoms with van der Waals surface area (Å²) in [6.45, 7) is 0. The van der Waals surface area contributed by atoms with E-state index in [1.54, 1.807) is 6.07 Å². The Morgan fingerprint density at radius 1 is 1.26 bits per heavy atom. The van der Waals surface area contributed by atoms with Crippen LogP contribution in [0.2, 0.25) is 0 Å². The van der Waals surface area contributed by atoms with E-state index in [0.29, 0.717) is 18.5 Å². The molecule has 1 aliphatic carbocycles. The number of hydrogen-bond acceptors (Lipinski definition) is 3. The second-order valence-electron chi connectivity index (χ2n) is 4.87. The van der Waals surface area contributed by atoms with Crippen molar-refractivity contribution in [2.75, 3.05) is 0 Å². The predicted octanol–water partition coefficient (Wildman–Crippen LogP) is 1.73. The first-order valence-electron chi connectivity index (χ1n) is 6.22. The Balaban J connectivity index is 1.86. The van der Waals surface area contributed by atoms with Crippen LogP contribution in [0.1, 0.15) is 29.8 Å². The van der Waals surface area contributed by atoms with Crippen LogP contribution in [-0.2, 0) is 9.53 Å². The van der Waals surface area contributed by atoms with Gasteiger partial charge >= 0.3 is 5.97 Å². The quantitative estimate of drug-likeness (QED) is 0.822. The number of nitrogens with two attached hydrogens (primary N) is 1. The van der Waals surface area contributed by atoms with Gasteiger partial charge in [0, 0.05) is 10.9 Å². The number of aromatic nitrogens is 1. The zero-order chi connectivity index (χ0) is 13.5. The maximum absolute atomic E-state index is 12.1. The lowest BCUT2D eigenvalue weighted by molar-refractivity contribution is -0.146. The lowest BCUT2D eigenvalue weighted by Crippen LogP contribution is -2.52. The molecule has 1 aliphatic rings. The van der Waals surface area contributed by atoms with Gasteiger partial charge in [0.25, 0.3) is 5.91 Å². The number of benzene rings is 1. The molecule has 1 aromatic heterocycles. The highest BCUT2D eigenvalue weighted by Gasteiger charge is 2.46. The van der Waals surface area contributed by atoms with Gasteiger partial charge in [0.15, 0.2) is 5.60 Å². The van der Waals surface area contributed by atoms with Crippen molar-refractivity contribution in [3.05, 3.63) is 36.0 Å². The second kappa shape index (κ2) is 4.12. The van der Waals surface area contributed by atoms with Crippen molar-refractivity contribution >= 4 is 22.8 Å². The lowest BCUT2D eigenvalue weighted by Gasteiger charge is -2.37. The van der Waals surface area contributed by atoms with Crippen molar-refractivity contribution in [3.63, 3.8) is 0 Å². The fourth-order valence-corrected chi connectivity index (χ4v) is 2.31. The van der Waals surface area contributed by atoms with E-state index in [9.17, 15) is 9.59 Å². The van der Waals surface area contributed by atoms with Gasteiger partial charge in [-0.1, -0.05) is 18.2 Å². The third kappa shape index (κ3) is 1.87. The van der Waals surface area contributed by atoms with Crippen LogP contribution in [0, 0.1) is 0 Å². The molecule has 0 saturated heterocycles.